The van der Waals surface area contributed by atoms with Gasteiger partial charge in [-0.05, 0) is 19.8 Å². The van der Waals surface area contributed by atoms with Crippen molar-refractivity contribution in [3.05, 3.63) is 0 Å². The molecule has 3 N–H and O–H groups in total. The van der Waals surface area contributed by atoms with Gasteiger partial charge in [0.15, 0.2) is 0 Å². The van der Waals surface area contributed by atoms with Crippen molar-refractivity contribution in [3.63, 3.8) is 0 Å². The molecule has 0 aromatic carbocycles. The fourth-order valence-electron chi connectivity index (χ4n) is 3.12. The minimum absolute atomic E-state index is 0.0862. The van der Waals surface area contributed by atoms with Crippen LogP contribution in [0.1, 0.15) is 117 Å². The number of nitrogens with one attached hydrogen (secondary N) is 2. The molecule has 2 atom stereocenters. The van der Waals surface area contributed by atoms with Crippen LogP contribution < -0.4 is 10.6 Å². The summed E-state index contributed by atoms with van der Waals surface area (Å²) in [5.74, 6) is 0.0862. The SMILES string of the molecule is CCCCCCCCCCCCCCCC(=O)NC(CC)NC(C)O. The smallest absolute Gasteiger partial charge is 0.221 e. The summed E-state index contributed by atoms with van der Waals surface area (Å²) in [6.45, 7) is 5.93. The molecule has 0 radical (unpaired) electrons. The summed E-state index contributed by atoms with van der Waals surface area (Å²) in [5, 5.41) is 15.2. The quantitative estimate of drug-likeness (QED) is 0.232. The Morgan fingerprint density at radius 2 is 1.24 bits per heavy atom. The van der Waals surface area contributed by atoms with Crippen molar-refractivity contribution in [3.8, 4) is 0 Å². The Labute approximate surface area is 156 Å². The summed E-state index contributed by atoms with van der Waals surface area (Å²) >= 11 is 0. The summed E-state index contributed by atoms with van der Waals surface area (Å²) in [6.07, 6.45) is 17.8. The van der Waals surface area contributed by atoms with Crippen LogP contribution in [-0.2, 0) is 4.79 Å². The van der Waals surface area contributed by atoms with E-state index in [1.54, 1.807) is 6.92 Å². The molecule has 150 valence electrons. The molecule has 25 heavy (non-hydrogen) atoms. The van der Waals surface area contributed by atoms with Crippen LogP contribution in [0.15, 0.2) is 0 Å². The second kappa shape index (κ2) is 18.2. The summed E-state index contributed by atoms with van der Waals surface area (Å²) in [5.41, 5.74) is 0. The van der Waals surface area contributed by atoms with Crippen molar-refractivity contribution < 1.29 is 9.90 Å². The maximum atomic E-state index is 11.9. The van der Waals surface area contributed by atoms with Crippen LogP contribution in [0.4, 0.5) is 0 Å². The van der Waals surface area contributed by atoms with E-state index in [0.29, 0.717) is 6.42 Å². The van der Waals surface area contributed by atoms with Crippen LogP contribution in [0.5, 0.6) is 0 Å². The fraction of sp³-hybridized carbons (Fsp3) is 0.952. The summed E-state index contributed by atoms with van der Waals surface area (Å²) < 4.78 is 0. The number of unbranched alkanes of at least 4 members (excludes halogenated alkanes) is 12. The largest absolute Gasteiger partial charge is 0.379 e. The molecule has 0 aliphatic carbocycles. The minimum atomic E-state index is -0.596. The Morgan fingerprint density at radius 3 is 1.64 bits per heavy atom. The van der Waals surface area contributed by atoms with Crippen LogP contribution >= 0.6 is 0 Å². The van der Waals surface area contributed by atoms with Crippen molar-refractivity contribution in [2.75, 3.05) is 0 Å². The molecule has 0 bridgehead atoms. The Kier molecular flexibility index (Phi) is 17.7. The highest BCUT2D eigenvalue weighted by Gasteiger charge is 2.10. The Hall–Kier alpha value is -0.610. The number of carbonyl (C=O) groups excluding carboxylic acids is 1. The van der Waals surface area contributed by atoms with E-state index in [4.69, 9.17) is 0 Å². The molecule has 0 aliphatic heterocycles. The second-order valence-electron chi connectivity index (χ2n) is 7.36. The van der Waals surface area contributed by atoms with Gasteiger partial charge in [-0.25, -0.2) is 0 Å². The summed E-state index contributed by atoms with van der Waals surface area (Å²) in [4.78, 5) is 11.9. The predicted molar refractivity (Wildman–Crippen MR) is 107 cm³/mol. The lowest BCUT2D eigenvalue weighted by Gasteiger charge is -2.20. The normalized spacial score (nSPS) is 13.6. The molecule has 0 spiro atoms. The maximum Gasteiger partial charge on any atom is 0.221 e. The number of carbonyl (C=O) groups is 1. The van der Waals surface area contributed by atoms with Gasteiger partial charge in [-0.15, -0.1) is 0 Å². The first-order valence-corrected chi connectivity index (χ1v) is 10.8. The number of rotatable bonds is 18. The zero-order valence-electron chi connectivity index (χ0n) is 17.1. The molecule has 0 fully saturated rings. The zero-order valence-corrected chi connectivity index (χ0v) is 17.1. The Morgan fingerprint density at radius 1 is 0.800 bits per heavy atom. The molecular weight excluding hydrogens is 312 g/mol. The van der Waals surface area contributed by atoms with Crippen molar-refractivity contribution in [1.82, 2.24) is 10.6 Å². The van der Waals surface area contributed by atoms with E-state index in [1.165, 1.54) is 70.6 Å². The molecule has 0 aliphatic rings. The second-order valence-corrected chi connectivity index (χ2v) is 7.36. The molecule has 4 nitrogen and oxygen atoms in total. The highest BCUT2D eigenvalue weighted by atomic mass is 16.3. The maximum absolute atomic E-state index is 11.9. The Balaban J connectivity index is 3.33. The molecule has 1 amide bonds. The number of aliphatic hydroxyl groups is 1. The summed E-state index contributed by atoms with van der Waals surface area (Å²) in [7, 11) is 0. The van der Waals surface area contributed by atoms with Crippen LogP contribution in [0, 0.1) is 0 Å². The molecule has 0 heterocycles. The third-order valence-corrected chi connectivity index (χ3v) is 4.69. The van der Waals surface area contributed by atoms with Gasteiger partial charge in [0.2, 0.25) is 5.91 Å². The third kappa shape index (κ3) is 18.0. The number of amides is 1. The Bertz CT molecular complexity index is 296. The molecule has 0 aromatic rings. The lowest BCUT2D eigenvalue weighted by molar-refractivity contribution is -0.122. The molecule has 2 unspecified atom stereocenters. The number of aliphatic hydroxyl groups excluding tert-OH is 1. The van der Waals surface area contributed by atoms with Crippen LogP contribution in [0.25, 0.3) is 0 Å². The number of hydrogen-bond donors (Lipinski definition) is 3. The molecule has 0 saturated carbocycles. The first-order chi connectivity index (χ1) is 12.1. The lowest BCUT2D eigenvalue weighted by atomic mass is 10.0. The minimum Gasteiger partial charge on any atom is -0.379 e. The van der Waals surface area contributed by atoms with E-state index < -0.39 is 6.23 Å². The monoisotopic (exact) mass is 356 g/mol. The molecular formula is C21H44N2O2. The first kappa shape index (κ1) is 24.4. The van der Waals surface area contributed by atoms with Gasteiger partial charge >= 0.3 is 0 Å². The van der Waals surface area contributed by atoms with Crippen LogP contribution in [-0.4, -0.2) is 23.4 Å². The third-order valence-electron chi connectivity index (χ3n) is 4.69. The molecule has 0 saturated heterocycles. The lowest BCUT2D eigenvalue weighted by Crippen LogP contribution is -2.48. The first-order valence-electron chi connectivity index (χ1n) is 10.8. The topological polar surface area (TPSA) is 61.4 Å². The summed E-state index contributed by atoms with van der Waals surface area (Å²) in [6, 6.07) is 0. The van der Waals surface area contributed by atoms with Crippen LogP contribution in [0.3, 0.4) is 0 Å². The van der Waals surface area contributed by atoms with Gasteiger partial charge in [0.25, 0.3) is 0 Å². The molecule has 0 rings (SSSR count). The van der Waals surface area contributed by atoms with E-state index in [9.17, 15) is 9.90 Å². The highest BCUT2D eigenvalue weighted by Crippen LogP contribution is 2.12. The average Bonchev–Trinajstić information content (AvgIpc) is 2.58. The van der Waals surface area contributed by atoms with E-state index in [-0.39, 0.29) is 12.1 Å². The molecule has 0 aromatic heterocycles. The van der Waals surface area contributed by atoms with E-state index in [1.807, 2.05) is 6.92 Å². The molecule has 4 heteroatoms. The van der Waals surface area contributed by atoms with E-state index in [0.717, 1.165) is 19.3 Å². The zero-order chi connectivity index (χ0) is 18.8. The fourth-order valence-corrected chi connectivity index (χ4v) is 3.12. The van der Waals surface area contributed by atoms with Gasteiger partial charge < -0.3 is 10.4 Å². The van der Waals surface area contributed by atoms with Gasteiger partial charge in [0.05, 0.1) is 6.17 Å². The number of hydrogen-bond acceptors (Lipinski definition) is 3. The van der Waals surface area contributed by atoms with E-state index >= 15 is 0 Å². The standard InChI is InChI=1S/C21H44N2O2/c1-4-6-7-8-9-10-11-12-13-14-15-16-17-18-21(25)23-20(5-2)22-19(3)24/h19-20,22,24H,4-18H2,1-3H3,(H,23,25). The predicted octanol–water partition coefficient (Wildman–Crippen LogP) is 5.25. The van der Waals surface area contributed by atoms with Gasteiger partial charge in [0, 0.05) is 6.42 Å². The van der Waals surface area contributed by atoms with Gasteiger partial charge in [-0.3, -0.25) is 10.1 Å². The van der Waals surface area contributed by atoms with Gasteiger partial charge in [0.1, 0.15) is 6.23 Å². The van der Waals surface area contributed by atoms with Crippen LogP contribution in [0.2, 0.25) is 0 Å². The van der Waals surface area contributed by atoms with Gasteiger partial charge in [-0.1, -0.05) is 90.9 Å². The average molecular weight is 357 g/mol. The van der Waals surface area contributed by atoms with Crippen molar-refractivity contribution in [2.45, 2.75) is 129 Å². The van der Waals surface area contributed by atoms with Gasteiger partial charge in [-0.2, -0.15) is 0 Å². The van der Waals surface area contributed by atoms with Crippen molar-refractivity contribution in [1.29, 1.82) is 0 Å². The van der Waals surface area contributed by atoms with Crippen molar-refractivity contribution >= 4 is 5.91 Å². The van der Waals surface area contributed by atoms with Crippen molar-refractivity contribution in [2.24, 2.45) is 0 Å². The highest BCUT2D eigenvalue weighted by molar-refractivity contribution is 5.76. The van der Waals surface area contributed by atoms with E-state index in [2.05, 4.69) is 17.6 Å².